The quantitative estimate of drug-likeness (QED) is 0.462. The molecule has 2 N–H and O–H groups in total. The minimum absolute atomic E-state index is 0.184. The summed E-state index contributed by atoms with van der Waals surface area (Å²) >= 11 is 1.28. The van der Waals surface area contributed by atoms with Gasteiger partial charge < -0.3 is 10.6 Å². The van der Waals surface area contributed by atoms with E-state index >= 15 is 0 Å². The second-order valence-corrected chi connectivity index (χ2v) is 11.5. The second kappa shape index (κ2) is 10.5. The van der Waals surface area contributed by atoms with E-state index in [1.807, 2.05) is 19.1 Å². The molecule has 2 amide bonds. The molecule has 3 aromatic rings. The van der Waals surface area contributed by atoms with Crippen LogP contribution in [0.2, 0.25) is 0 Å². The summed E-state index contributed by atoms with van der Waals surface area (Å²) < 4.78 is 25.6. The lowest BCUT2D eigenvalue weighted by atomic mass is 10.0. The number of nitrogens with one attached hydrogen (secondary N) is 2. The first-order valence-corrected chi connectivity index (χ1v) is 13.1. The van der Waals surface area contributed by atoms with Crippen LogP contribution in [0, 0.1) is 0 Å². The van der Waals surface area contributed by atoms with Gasteiger partial charge in [-0.15, -0.1) is 11.3 Å². The van der Waals surface area contributed by atoms with Gasteiger partial charge in [-0.3, -0.25) is 9.59 Å². The number of anilines is 1. The van der Waals surface area contributed by atoms with E-state index in [2.05, 4.69) is 24.5 Å². The zero-order chi connectivity index (χ0) is 25.0. The van der Waals surface area contributed by atoms with Gasteiger partial charge in [0.25, 0.3) is 11.8 Å². The van der Waals surface area contributed by atoms with Crippen LogP contribution in [0.1, 0.15) is 64.6 Å². The predicted molar refractivity (Wildman–Crippen MR) is 136 cm³/mol. The SMILES string of the molecule is CC(C)c1ccc(C(=O)Nc2sccc2C(=O)NC(C)c2ccc(S(=O)(=O)N(C)C)cc2)cc1. The maximum Gasteiger partial charge on any atom is 0.256 e. The summed E-state index contributed by atoms with van der Waals surface area (Å²) in [7, 11) is -0.565. The standard InChI is InChI=1S/C25H29N3O4S2/c1-16(2)18-6-8-20(9-7-18)23(29)27-25-22(14-15-33-25)24(30)26-17(3)19-10-12-21(13-11-19)34(31,32)28(4)5/h6-17H,1-5H3,(H,26,30)(H,27,29). The summed E-state index contributed by atoms with van der Waals surface area (Å²) in [4.78, 5) is 25.8. The molecule has 2 aromatic carbocycles. The first-order valence-electron chi connectivity index (χ1n) is 10.8. The molecule has 0 fully saturated rings. The Morgan fingerprint density at radius 3 is 2.00 bits per heavy atom. The van der Waals surface area contributed by atoms with Crippen LogP contribution in [0.15, 0.2) is 64.9 Å². The van der Waals surface area contributed by atoms with Crippen LogP contribution in [-0.2, 0) is 10.0 Å². The normalized spacial score (nSPS) is 12.6. The Balaban J connectivity index is 1.68. The van der Waals surface area contributed by atoms with Crippen LogP contribution >= 0.6 is 11.3 Å². The van der Waals surface area contributed by atoms with Crippen LogP contribution in [0.25, 0.3) is 0 Å². The molecule has 0 radical (unpaired) electrons. The Kier molecular flexibility index (Phi) is 7.91. The average molecular weight is 500 g/mol. The highest BCUT2D eigenvalue weighted by molar-refractivity contribution is 7.89. The lowest BCUT2D eigenvalue weighted by Gasteiger charge is -2.16. The number of benzene rings is 2. The number of amides is 2. The molecule has 9 heteroatoms. The molecular weight excluding hydrogens is 470 g/mol. The van der Waals surface area contributed by atoms with E-state index in [-0.39, 0.29) is 22.8 Å². The van der Waals surface area contributed by atoms with Gasteiger partial charge in [-0.2, -0.15) is 0 Å². The number of nitrogens with zero attached hydrogens (tertiary/aromatic N) is 1. The summed E-state index contributed by atoms with van der Waals surface area (Å²) in [6, 6.07) is 15.1. The van der Waals surface area contributed by atoms with E-state index in [9.17, 15) is 18.0 Å². The molecule has 1 atom stereocenters. The van der Waals surface area contributed by atoms with Crippen molar-refractivity contribution in [3.63, 3.8) is 0 Å². The molecule has 0 aliphatic heterocycles. The van der Waals surface area contributed by atoms with Crippen LogP contribution in [0.3, 0.4) is 0 Å². The van der Waals surface area contributed by atoms with Crippen molar-refractivity contribution < 1.29 is 18.0 Å². The Labute approximate surface area is 204 Å². The number of hydrogen-bond donors (Lipinski definition) is 2. The molecular formula is C25H29N3O4S2. The zero-order valence-corrected chi connectivity index (χ0v) is 21.5. The van der Waals surface area contributed by atoms with Crippen LogP contribution in [-0.4, -0.2) is 38.6 Å². The maximum atomic E-state index is 12.9. The molecule has 7 nitrogen and oxygen atoms in total. The Morgan fingerprint density at radius 1 is 0.853 bits per heavy atom. The summed E-state index contributed by atoms with van der Waals surface area (Å²) in [5.74, 6) is -0.234. The monoisotopic (exact) mass is 499 g/mol. The number of hydrogen-bond acceptors (Lipinski definition) is 5. The van der Waals surface area contributed by atoms with E-state index in [4.69, 9.17) is 0 Å². The topological polar surface area (TPSA) is 95.6 Å². The fourth-order valence-electron chi connectivity index (χ4n) is 3.28. The molecule has 3 rings (SSSR count). The highest BCUT2D eigenvalue weighted by atomic mass is 32.2. The third kappa shape index (κ3) is 5.72. The van der Waals surface area contributed by atoms with Crippen molar-refractivity contribution in [1.29, 1.82) is 0 Å². The van der Waals surface area contributed by atoms with E-state index in [0.29, 0.717) is 22.0 Å². The predicted octanol–water partition coefficient (Wildman–Crippen LogP) is 4.87. The van der Waals surface area contributed by atoms with E-state index < -0.39 is 10.0 Å². The van der Waals surface area contributed by atoms with E-state index in [1.165, 1.54) is 37.6 Å². The molecule has 0 aliphatic rings. The summed E-state index contributed by atoms with van der Waals surface area (Å²) in [5, 5.41) is 7.96. The molecule has 1 unspecified atom stereocenters. The first kappa shape index (κ1) is 25.6. The van der Waals surface area contributed by atoms with Crippen LogP contribution in [0.4, 0.5) is 5.00 Å². The Morgan fingerprint density at radius 2 is 1.44 bits per heavy atom. The first-order chi connectivity index (χ1) is 16.0. The number of carbonyl (C=O) groups is 2. The Bertz CT molecular complexity index is 1260. The number of carbonyl (C=O) groups excluding carboxylic acids is 2. The number of rotatable bonds is 8. The number of sulfonamides is 1. The second-order valence-electron chi connectivity index (χ2n) is 8.45. The highest BCUT2D eigenvalue weighted by Crippen LogP contribution is 2.26. The summed E-state index contributed by atoms with van der Waals surface area (Å²) in [6.07, 6.45) is 0. The van der Waals surface area contributed by atoms with Crippen molar-refractivity contribution in [2.24, 2.45) is 0 Å². The van der Waals surface area contributed by atoms with Crippen molar-refractivity contribution in [1.82, 2.24) is 9.62 Å². The molecule has 0 bridgehead atoms. The minimum Gasteiger partial charge on any atom is -0.345 e. The third-order valence-electron chi connectivity index (χ3n) is 5.48. The molecule has 0 saturated heterocycles. The van der Waals surface area contributed by atoms with Crippen LogP contribution in [0.5, 0.6) is 0 Å². The van der Waals surface area contributed by atoms with Gasteiger partial charge >= 0.3 is 0 Å². The number of thiophene rings is 1. The molecule has 0 saturated carbocycles. The molecule has 180 valence electrons. The largest absolute Gasteiger partial charge is 0.345 e. The summed E-state index contributed by atoms with van der Waals surface area (Å²) in [6.45, 7) is 5.99. The van der Waals surface area contributed by atoms with Crippen molar-refractivity contribution in [3.05, 3.63) is 82.2 Å². The van der Waals surface area contributed by atoms with Gasteiger partial charge in [0.2, 0.25) is 10.0 Å². The molecule has 0 aliphatic carbocycles. The smallest absolute Gasteiger partial charge is 0.256 e. The lowest BCUT2D eigenvalue weighted by Crippen LogP contribution is -2.27. The van der Waals surface area contributed by atoms with Crippen LogP contribution < -0.4 is 10.6 Å². The van der Waals surface area contributed by atoms with Gasteiger partial charge in [-0.1, -0.05) is 38.1 Å². The van der Waals surface area contributed by atoms with Gasteiger partial charge in [0, 0.05) is 19.7 Å². The third-order valence-corrected chi connectivity index (χ3v) is 8.14. The van der Waals surface area contributed by atoms with Gasteiger partial charge in [0.1, 0.15) is 5.00 Å². The summed E-state index contributed by atoms with van der Waals surface area (Å²) in [5.41, 5.74) is 2.80. The molecule has 1 heterocycles. The van der Waals surface area contributed by atoms with Crippen molar-refractivity contribution in [2.45, 2.75) is 37.6 Å². The fraction of sp³-hybridized carbons (Fsp3) is 0.280. The molecule has 34 heavy (non-hydrogen) atoms. The van der Waals surface area contributed by atoms with Gasteiger partial charge in [-0.25, -0.2) is 12.7 Å². The zero-order valence-electron chi connectivity index (χ0n) is 19.8. The van der Waals surface area contributed by atoms with E-state index in [0.717, 1.165) is 15.4 Å². The van der Waals surface area contributed by atoms with Crippen molar-refractivity contribution >= 4 is 38.2 Å². The van der Waals surface area contributed by atoms with Crippen molar-refractivity contribution in [3.8, 4) is 0 Å². The molecule has 1 aromatic heterocycles. The van der Waals surface area contributed by atoms with Crippen molar-refractivity contribution in [2.75, 3.05) is 19.4 Å². The maximum absolute atomic E-state index is 12.9. The Hall–Kier alpha value is -3.01. The van der Waals surface area contributed by atoms with Gasteiger partial charge in [-0.05, 0) is 59.7 Å². The molecule has 0 spiro atoms. The van der Waals surface area contributed by atoms with Gasteiger partial charge in [0.15, 0.2) is 0 Å². The van der Waals surface area contributed by atoms with E-state index in [1.54, 1.807) is 35.7 Å². The fourth-order valence-corrected chi connectivity index (χ4v) is 4.96. The lowest BCUT2D eigenvalue weighted by molar-refractivity contribution is 0.0941. The van der Waals surface area contributed by atoms with Gasteiger partial charge in [0.05, 0.1) is 16.5 Å². The highest BCUT2D eigenvalue weighted by Gasteiger charge is 2.20. The minimum atomic E-state index is -3.52. The average Bonchev–Trinajstić information content (AvgIpc) is 3.27.